The summed E-state index contributed by atoms with van der Waals surface area (Å²) in [6.07, 6.45) is 9.50. The summed E-state index contributed by atoms with van der Waals surface area (Å²) in [4.78, 5) is 7.35. The van der Waals surface area contributed by atoms with E-state index in [2.05, 4.69) is 11.8 Å². The van der Waals surface area contributed by atoms with Gasteiger partial charge in [-0.1, -0.05) is 26.2 Å². The lowest BCUT2D eigenvalue weighted by Crippen LogP contribution is -2.39. The van der Waals surface area contributed by atoms with Gasteiger partial charge in [-0.2, -0.15) is 0 Å². The maximum absolute atomic E-state index is 4.79. The lowest BCUT2D eigenvalue weighted by atomic mass is 9.95. The lowest BCUT2D eigenvalue weighted by Gasteiger charge is -2.31. The van der Waals surface area contributed by atoms with Crippen LogP contribution in [-0.2, 0) is 0 Å². The van der Waals surface area contributed by atoms with Gasteiger partial charge in [0.05, 0.1) is 0 Å². The third kappa shape index (κ3) is 2.73. The van der Waals surface area contributed by atoms with Crippen molar-refractivity contribution in [3.63, 3.8) is 0 Å². The first-order valence-corrected chi connectivity index (χ1v) is 6.71. The van der Waals surface area contributed by atoms with Gasteiger partial charge in [-0.25, -0.2) is 0 Å². The van der Waals surface area contributed by atoms with Crippen molar-refractivity contribution in [3.05, 3.63) is 0 Å². The molecule has 0 bridgehead atoms. The highest BCUT2D eigenvalue weighted by Gasteiger charge is 2.25. The molecular formula is C13H24N2. The Kier molecular flexibility index (Phi) is 4.04. The monoisotopic (exact) mass is 208 g/mol. The number of hydrogen-bond acceptors (Lipinski definition) is 2. The largest absolute Gasteiger partial charge is 0.360 e. The van der Waals surface area contributed by atoms with E-state index in [1.54, 1.807) is 0 Å². The molecule has 0 radical (unpaired) electrons. The first-order chi connectivity index (χ1) is 7.42. The number of rotatable bonds is 3. The van der Waals surface area contributed by atoms with E-state index in [9.17, 15) is 0 Å². The number of unbranched alkanes of at least 4 members (excludes halogenated alkanes) is 1. The molecule has 1 unspecified atom stereocenters. The molecule has 0 amide bonds. The maximum Gasteiger partial charge on any atom is 0.102 e. The van der Waals surface area contributed by atoms with E-state index in [4.69, 9.17) is 4.99 Å². The number of hydrogen-bond donors (Lipinski definition) is 0. The highest BCUT2D eigenvalue weighted by molar-refractivity contribution is 5.85. The van der Waals surface area contributed by atoms with Gasteiger partial charge in [0.1, 0.15) is 5.84 Å². The summed E-state index contributed by atoms with van der Waals surface area (Å²) in [6.45, 7) is 5.90. The van der Waals surface area contributed by atoms with Gasteiger partial charge in [0, 0.05) is 25.6 Å². The normalized spacial score (nSPS) is 26.9. The van der Waals surface area contributed by atoms with Crippen LogP contribution in [0.25, 0.3) is 0 Å². The Bertz CT molecular complexity index is 223. The van der Waals surface area contributed by atoms with Crippen LogP contribution in [0.1, 0.15) is 51.9 Å². The molecule has 2 rings (SSSR count). The summed E-state index contributed by atoms with van der Waals surface area (Å²) in [7, 11) is 0. The summed E-state index contributed by atoms with van der Waals surface area (Å²) in [5, 5.41) is 0. The summed E-state index contributed by atoms with van der Waals surface area (Å²) in [5.41, 5.74) is 0. The lowest BCUT2D eigenvalue weighted by molar-refractivity contribution is 0.379. The van der Waals surface area contributed by atoms with E-state index in [0.29, 0.717) is 0 Å². The zero-order valence-electron chi connectivity index (χ0n) is 10.0. The Morgan fingerprint density at radius 2 is 2.13 bits per heavy atom. The molecule has 0 aromatic heterocycles. The second-order valence-corrected chi connectivity index (χ2v) is 4.92. The Morgan fingerprint density at radius 1 is 1.27 bits per heavy atom. The van der Waals surface area contributed by atoms with Crippen LogP contribution >= 0.6 is 0 Å². The minimum atomic E-state index is 0.785. The minimum absolute atomic E-state index is 0.785. The molecule has 0 aromatic rings. The molecule has 0 aromatic carbocycles. The van der Waals surface area contributed by atoms with Crippen molar-refractivity contribution in [2.24, 2.45) is 10.9 Å². The molecular weight excluding hydrogens is 184 g/mol. The van der Waals surface area contributed by atoms with E-state index < -0.39 is 0 Å². The molecule has 1 saturated heterocycles. The van der Waals surface area contributed by atoms with Gasteiger partial charge < -0.3 is 4.90 Å². The Labute approximate surface area is 93.8 Å². The van der Waals surface area contributed by atoms with Crippen LogP contribution < -0.4 is 0 Å². The van der Waals surface area contributed by atoms with Gasteiger partial charge in [0.2, 0.25) is 0 Å². The van der Waals surface area contributed by atoms with Gasteiger partial charge in [-0.3, -0.25) is 4.99 Å². The maximum atomic E-state index is 4.79. The summed E-state index contributed by atoms with van der Waals surface area (Å²) < 4.78 is 0. The van der Waals surface area contributed by atoms with Crippen LogP contribution in [0.2, 0.25) is 0 Å². The van der Waals surface area contributed by atoms with Crippen molar-refractivity contribution in [2.75, 3.05) is 19.6 Å². The molecule has 2 heterocycles. The molecule has 2 aliphatic heterocycles. The molecule has 0 saturated carbocycles. The molecule has 0 aliphatic carbocycles. The fraction of sp³-hybridized carbons (Fsp3) is 0.923. The predicted molar refractivity (Wildman–Crippen MR) is 65.4 cm³/mol. The molecule has 1 fully saturated rings. The van der Waals surface area contributed by atoms with Crippen molar-refractivity contribution in [1.29, 1.82) is 0 Å². The smallest absolute Gasteiger partial charge is 0.102 e. The van der Waals surface area contributed by atoms with Crippen LogP contribution in [0.5, 0.6) is 0 Å². The number of amidine groups is 1. The molecule has 1 atom stereocenters. The topological polar surface area (TPSA) is 15.6 Å². The van der Waals surface area contributed by atoms with Crippen LogP contribution in [0.15, 0.2) is 4.99 Å². The first kappa shape index (κ1) is 11.0. The molecule has 0 spiro atoms. The van der Waals surface area contributed by atoms with Gasteiger partial charge in [0.25, 0.3) is 0 Å². The zero-order chi connectivity index (χ0) is 10.5. The van der Waals surface area contributed by atoms with Gasteiger partial charge >= 0.3 is 0 Å². The van der Waals surface area contributed by atoms with E-state index in [1.165, 1.54) is 63.9 Å². The highest BCUT2D eigenvalue weighted by atomic mass is 15.2. The second kappa shape index (κ2) is 5.53. The van der Waals surface area contributed by atoms with Crippen LogP contribution in [0, 0.1) is 5.92 Å². The zero-order valence-corrected chi connectivity index (χ0v) is 10.0. The quantitative estimate of drug-likeness (QED) is 0.696. The number of fused-ring (bicyclic) bond motifs is 1. The molecule has 15 heavy (non-hydrogen) atoms. The third-order valence-corrected chi connectivity index (χ3v) is 3.69. The summed E-state index contributed by atoms with van der Waals surface area (Å²) in [5.74, 6) is 2.25. The predicted octanol–water partition coefficient (Wildman–Crippen LogP) is 3.08. The van der Waals surface area contributed by atoms with E-state index in [1.807, 2.05) is 0 Å². The summed E-state index contributed by atoms with van der Waals surface area (Å²) >= 11 is 0. The average Bonchev–Trinajstić information content (AvgIpc) is 2.49. The fourth-order valence-electron chi connectivity index (χ4n) is 2.83. The molecule has 0 N–H and O–H groups in total. The second-order valence-electron chi connectivity index (χ2n) is 4.92. The SMILES string of the molecule is CCCCC1CCCCN2CCCN=C12. The average molecular weight is 208 g/mol. The third-order valence-electron chi connectivity index (χ3n) is 3.69. The van der Waals surface area contributed by atoms with Crippen molar-refractivity contribution >= 4 is 5.84 Å². The Balaban J connectivity index is 2.02. The van der Waals surface area contributed by atoms with E-state index in [0.717, 1.165) is 12.5 Å². The van der Waals surface area contributed by atoms with Crippen LogP contribution in [-0.4, -0.2) is 30.4 Å². The van der Waals surface area contributed by atoms with Crippen molar-refractivity contribution in [2.45, 2.75) is 51.9 Å². The molecule has 2 aliphatic rings. The first-order valence-electron chi connectivity index (χ1n) is 6.71. The van der Waals surface area contributed by atoms with Gasteiger partial charge in [0.15, 0.2) is 0 Å². The van der Waals surface area contributed by atoms with Crippen LogP contribution in [0.3, 0.4) is 0 Å². The minimum Gasteiger partial charge on any atom is -0.360 e. The fourth-order valence-corrected chi connectivity index (χ4v) is 2.83. The Hall–Kier alpha value is -0.530. The summed E-state index contributed by atoms with van der Waals surface area (Å²) in [6, 6.07) is 0. The van der Waals surface area contributed by atoms with E-state index in [-0.39, 0.29) is 0 Å². The molecule has 86 valence electrons. The van der Waals surface area contributed by atoms with Crippen molar-refractivity contribution < 1.29 is 0 Å². The number of aliphatic imine (C=N–C) groups is 1. The highest BCUT2D eigenvalue weighted by Crippen LogP contribution is 2.25. The van der Waals surface area contributed by atoms with Crippen molar-refractivity contribution in [3.8, 4) is 0 Å². The Morgan fingerprint density at radius 3 is 3.00 bits per heavy atom. The molecule has 2 nitrogen and oxygen atoms in total. The number of nitrogens with zero attached hydrogens (tertiary/aromatic N) is 2. The van der Waals surface area contributed by atoms with Crippen LogP contribution in [0.4, 0.5) is 0 Å². The van der Waals surface area contributed by atoms with Crippen molar-refractivity contribution in [1.82, 2.24) is 4.90 Å². The van der Waals surface area contributed by atoms with Gasteiger partial charge in [-0.05, 0) is 25.7 Å². The van der Waals surface area contributed by atoms with Gasteiger partial charge in [-0.15, -0.1) is 0 Å². The van der Waals surface area contributed by atoms with E-state index >= 15 is 0 Å². The molecule has 2 heteroatoms. The standard InChI is InChI=1S/C13H24N2/c1-2-3-7-12-8-4-5-10-15-11-6-9-14-13(12)15/h12H,2-11H2,1H3.